The van der Waals surface area contributed by atoms with E-state index < -0.39 is 0 Å². The first-order valence-corrected chi connectivity index (χ1v) is 8.35. The van der Waals surface area contributed by atoms with E-state index in [0.29, 0.717) is 13.1 Å². The molecule has 5 nitrogen and oxygen atoms in total. The Labute approximate surface area is 141 Å². The molecule has 1 aromatic heterocycles. The van der Waals surface area contributed by atoms with Gasteiger partial charge in [-0.25, -0.2) is 9.78 Å². The molecule has 2 N–H and O–H groups in total. The van der Waals surface area contributed by atoms with Gasteiger partial charge in [-0.3, -0.25) is 0 Å². The minimum atomic E-state index is -0.150. The monoisotopic (exact) mass is 333 g/mol. The second kappa shape index (κ2) is 7.00. The number of carbonyl (C=O) groups is 1. The average molecular weight is 333 g/mol. The Kier molecular flexibility index (Phi) is 5.26. The van der Waals surface area contributed by atoms with Gasteiger partial charge >= 0.3 is 6.03 Å². The second-order valence-electron chi connectivity index (χ2n) is 6.58. The predicted octanol–water partition coefficient (Wildman–Crippen LogP) is 3.49. The highest BCUT2D eigenvalue weighted by Crippen LogP contribution is 2.25. The van der Waals surface area contributed by atoms with E-state index in [1.54, 1.807) is 47.5 Å². The lowest BCUT2D eigenvalue weighted by molar-refractivity contribution is 0.206. The molecule has 2 rings (SSSR count). The normalized spacial score (nSPS) is 11.3. The Balaban J connectivity index is 1.86. The lowest BCUT2D eigenvalue weighted by Gasteiger charge is -2.18. The van der Waals surface area contributed by atoms with Crippen LogP contribution in [0.25, 0.3) is 0 Å². The van der Waals surface area contributed by atoms with E-state index in [9.17, 15) is 9.90 Å². The van der Waals surface area contributed by atoms with Crippen LogP contribution in [0.4, 0.5) is 4.79 Å². The summed E-state index contributed by atoms with van der Waals surface area (Å²) in [7, 11) is 1.74. The van der Waals surface area contributed by atoms with E-state index in [4.69, 9.17) is 0 Å². The number of urea groups is 1. The fourth-order valence-corrected chi connectivity index (χ4v) is 2.89. The SMILES string of the molecule is CN(Cc1ccc(O)cc1)C(=O)NCc1csc(C(C)(C)C)n1. The number of benzene rings is 1. The maximum Gasteiger partial charge on any atom is 0.317 e. The van der Waals surface area contributed by atoms with Crippen LogP contribution in [0.1, 0.15) is 37.0 Å². The van der Waals surface area contributed by atoms with Crippen LogP contribution in [0, 0.1) is 0 Å². The van der Waals surface area contributed by atoms with Crippen molar-refractivity contribution in [2.75, 3.05) is 7.05 Å². The molecule has 0 aliphatic heterocycles. The zero-order valence-corrected chi connectivity index (χ0v) is 14.8. The summed E-state index contributed by atoms with van der Waals surface area (Å²) in [5, 5.41) is 15.2. The van der Waals surface area contributed by atoms with Gasteiger partial charge in [0.1, 0.15) is 5.75 Å². The molecule has 23 heavy (non-hydrogen) atoms. The quantitative estimate of drug-likeness (QED) is 0.900. The van der Waals surface area contributed by atoms with Crippen LogP contribution in [0.5, 0.6) is 5.75 Å². The number of nitrogens with zero attached hydrogens (tertiary/aromatic N) is 2. The maximum absolute atomic E-state index is 12.1. The molecule has 124 valence electrons. The number of phenolic OH excluding ortho intramolecular Hbond substituents is 1. The summed E-state index contributed by atoms with van der Waals surface area (Å²) in [6.45, 7) is 7.28. The van der Waals surface area contributed by atoms with Gasteiger partial charge in [0.25, 0.3) is 0 Å². The molecule has 1 aromatic carbocycles. The van der Waals surface area contributed by atoms with Gasteiger partial charge in [-0.2, -0.15) is 0 Å². The van der Waals surface area contributed by atoms with Gasteiger partial charge in [-0.15, -0.1) is 11.3 Å². The fourth-order valence-electron chi connectivity index (χ4n) is 1.98. The van der Waals surface area contributed by atoms with E-state index in [-0.39, 0.29) is 17.2 Å². The molecular formula is C17H23N3O2S. The Hall–Kier alpha value is -2.08. The van der Waals surface area contributed by atoms with Crippen molar-refractivity contribution < 1.29 is 9.90 Å². The largest absolute Gasteiger partial charge is 0.508 e. The predicted molar refractivity (Wildman–Crippen MR) is 92.6 cm³/mol. The molecule has 0 radical (unpaired) electrons. The lowest BCUT2D eigenvalue weighted by atomic mass is 9.98. The highest BCUT2D eigenvalue weighted by molar-refractivity contribution is 7.09. The number of hydrogen-bond acceptors (Lipinski definition) is 4. The number of aromatic hydroxyl groups is 1. The first-order valence-electron chi connectivity index (χ1n) is 7.47. The molecule has 0 unspecified atom stereocenters. The van der Waals surface area contributed by atoms with E-state index in [2.05, 4.69) is 31.1 Å². The summed E-state index contributed by atoms with van der Waals surface area (Å²) in [4.78, 5) is 18.3. The number of aromatic nitrogens is 1. The second-order valence-corrected chi connectivity index (χ2v) is 7.43. The summed E-state index contributed by atoms with van der Waals surface area (Å²) in [6.07, 6.45) is 0. The molecule has 0 aliphatic carbocycles. The minimum Gasteiger partial charge on any atom is -0.508 e. The van der Waals surface area contributed by atoms with E-state index >= 15 is 0 Å². The number of thiazole rings is 1. The molecule has 0 saturated heterocycles. The smallest absolute Gasteiger partial charge is 0.317 e. The third kappa shape index (κ3) is 4.96. The number of hydrogen-bond donors (Lipinski definition) is 2. The van der Waals surface area contributed by atoms with Crippen molar-refractivity contribution in [3.8, 4) is 5.75 Å². The standard InChI is InChI=1S/C17H23N3O2S/c1-17(2,3)15-19-13(11-23-15)9-18-16(22)20(4)10-12-5-7-14(21)8-6-12/h5-8,11,21H,9-10H2,1-4H3,(H,18,22). The third-order valence-corrected chi connectivity index (χ3v) is 4.63. The van der Waals surface area contributed by atoms with Crippen LogP contribution >= 0.6 is 11.3 Å². The van der Waals surface area contributed by atoms with Gasteiger partial charge in [0.15, 0.2) is 0 Å². The molecule has 0 fully saturated rings. The first kappa shape index (κ1) is 17.3. The number of nitrogens with one attached hydrogen (secondary N) is 1. The highest BCUT2D eigenvalue weighted by Gasteiger charge is 2.18. The van der Waals surface area contributed by atoms with Gasteiger partial charge in [0.2, 0.25) is 0 Å². The third-order valence-electron chi connectivity index (χ3n) is 3.32. The summed E-state index contributed by atoms with van der Waals surface area (Å²) >= 11 is 1.62. The number of amides is 2. The molecule has 6 heteroatoms. The van der Waals surface area contributed by atoms with Gasteiger partial charge in [-0.1, -0.05) is 32.9 Å². The van der Waals surface area contributed by atoms with Crippen LogP contribution in [0.15, 0.2) is 29.6 Å². The van der Waals surface area contributed by atoms with Crippen molar-refractivity contribution in [1.29, 1.82) is 0 Å². The zero-order valence-electron chi connectivity index (χ0n) is 14.0. The molecule has 0 saturated carbocycles. The summed E-state index contributed by atoms with van der Waals surface area (Å²) in [5.74, 6) is 0.221. The Morgan fingerprint density at radius 1 is 1.30 bits per heavy atom. The molecule has 1 heterocycles. The minimum absolute atomic E-state index is 0.0303. The van der Waals surface area contributed by atoms with Crippen molar-refractivity contribution in [1.82, 2.24) is 15.2 Å². The van der Waals surface area contributed by atoms with Crippen LogP contribution in [0.2, 0.25) is 0 Å². The van der Waals surface area contributed by atoms with Gasteiger partial charge in [0, 0.05) is 24.4 Å². The van der Waals surface area contributed by atoms with E-state index in [1.807, 2.05) is 5.38 Å². The van der Waals surface area contributed by atoms with Crippen LogP contribution in [-0.2, 0) is 18.5 Å². The molecule has 0 spiro atoms. The molecule has 2 amide bonds. The number of phenols is 1. The molecule has 0 bridgehead atoms. The Morgan fingerprint density at radius 3 is 2.52 bits per heavy atom. The summed E-state index contributed by atoms with van der Waals surface area (Å²) in [5.41, 5.74) is 1.87. The van der Waals surface area contributed by atoms with Gasteiger partial charge in [-0.05, 0) is 17.7 Å². The van der Waals surface area contributed by atoms with E-state index in [0.717, 1.165) is 16.3 Å². The van der Waals surface area contributed by atoms with Crippen molar-refractivity contribution in [2.45, 2.75) is 39.3 Å². The summed E-state index contributed by atoms with van der Waals surface area (Å²) in [6, 6.07) is 6.68. The van der Waals surface area contributed by atoms with Crippen molar-refractivity contribution in [3.05, 3.63) is 45.9 Å². The zero-order chi connectivity index (χ0) is 17.0. The van der Waals surface area contributed by atoms with Crippen LogP contribution < -0.4 is 5.32 Å². The molecule has 0 atom stereocenters. The maximum atomic E-state index is 12.1. The molecular weight excluding hydrogens is 310 g/mol. The molecule has 0 aliphatic rings. The molecule has 2 aromatic rings. The number of carbonyl (C=O) groups excluding carboxylic acids is 1. The van der Waals surface area contributed by atoms with Crippen molar-refractivity contribution in [2.24, 2.45) is 0 Å². The van der Waals surface area contributed by atoms with E-state index in [1.165, 1.54) is 0 Å². The topological polar surface area (TPSA) is 65.5 Å². The lowest BCUT2D eigenvalue weighted by Crippen LogP contribution is -2.36. The highest BCUT2D eigenvalue weighted by atomic mass is 32.1. The van der Waals surface area contributed by atoms with Crippen LogP contribution in [-0.4, -0.2) is 28.1 Å². The van der Waals surface area contributed by atoms with Gasteiger partial charge < -0.3 is 15.3 Å². The summed E-state index contributed by atoms with van der Waals surface area (Å²) < 4.78 is 0. The van der Waals surface area contributed by atoms with Crippen molar-refractivity contribution >= 4 is 17.4 Å². The Bertz CT molecular complexity index is 659. The average Bonchev–Trinajstić information content (AvgIpc) is 2.96. The fraction of sp³-hybridized carbons (Fsp3) is 0.412. The first-order chi connectivity index (χ1) is 10.8. The number of rotatable bonds is 4. The van der Waals surface area contributed by atoms with Crippen LogP contribution in [0.3, 0.4) is 0 Å². The van der Waals surface area contributed by atoms with Crippen molar-refractivity contribution in [3.63, 3.8) is 0 Å². The Morgan fingerprint density at radius 2 is 1.96 bits per heavy atom. The van der Waals surface area contributed by atoms with Gasteiger partial charge in [0.05, 0.1) is 17.2 Å².